The van der Waals surface area contributed by atoms with E-state index in [0.717, 1.165) is 11.1 Å². The van der Waals surface area contributed by atoms with Crippen LogP contribution in [0, 0.1) is 12.3 Å². The molecule has 0 atom stereocenters. The number of hydrogen-bond acceptors (Lipinski definition) is 2. The van der Waals surface area contributed by atoms with Gasteiger partial charge in [0.2, 0.25) is 5.91 Å². The standard InChI is InChI=1S/C22H26N2O2/c1-17-8-10-19(11-9-17)20(25)24-14-12-22(2,13-15-24)21(26)23-16-18-6-4-3-5-7-18/h3-11H,12-16H2,1-2H3,(H,23,26). The molecule has 2 aromatic carbocycles. The Kier molecular flexibility index (Phi) is 5.40. The highest BCUT2D eigenvalue weighted by molar-refractivity contribution is 5.94. The van der Waals surface area contributed by atoms with Gasteiger partial charge in [0, 0.05) is 30.6 Å². The van der Waals surface area contributed by atoms with Gasteiger partial charge in [-0.25, -0.2) is 0 Å². The Balaban J connectivity index is 1.55. The zero-order valence-corrected chi connectivity index (χ0v) is 15.5. The van der Waals surface area contributed by atoms with E-state index < -0.39 is 5.41 Å². The summed E-state index contributed by atoms with van der Waals surface area (Å²) in [6.07, 6.45) is 1.37. The number of carbonyl (C=O) groups excluding carboxylic acids is 2. The van der Waals surface area contributed by atoms with E-state index in [1.54, 1.807) is 0 Å². The van der Waals surface area contributed by atoms with Crippen molar-refractivity contribution in [2.45, 2.75) is 33.2 Å². The van der Waals surface area contributed by atoms with Gasteiger partial charge >= 0.3 is 0 Å². The number of amides is 2. The number of piperidine rings is 1. The first-order valence-corrected chi connectivity index (χ1v) is 9.16. The van der Waals surface area contributed by atoms with Crippen molar-refractivity contribution >= 4 is 11.8 Å². The molecule has 136 valence electrons. The molecule has 0 unspecified atom stereocenters. The van der Waals surface area contributed by atoms with Crippen LogP contribution in [-0.2, 0) is 11.3 Å². The van der Waals surface area contributed by atoms with Crippen molar-refractivity contribution in [2.75, 3.05) is 13.1 Å². The van der Waals surface area contributed by atoms with E-state index in [-0.39, 0.29) is 11.8 Å². The third kappa shape index (κ3) is 4.13. The molecule has 0 aromatic heterocycles. The van der Waals surface area contributed by atoms with E-state index in [4.69, 9.17) is 0 Å². The Bertz CT molecular complexity index is 760. The van der Waals surface area contributed by atoms with Crippen molar-refractivity contribution in [3.8, 4) is 0 Å². The van der Waals surface area contributed by atoms with Gasteiger partial charge in [-0.3, -0.25) is 9.59 Å². The Hall–Kier alpha value is -2.62. The van der Waals surface area contributed by atoms with Crippen LogP contribution in [0.5, 0.6) is 0 Å². The summed E-state index contributed by atoms with van der Waals surface area (Å²) in [5.74, 6) is 0.125. The summed E-state index contributed by atoms with van der Waals surface area (Å²) in [4.78, 5) is 27.1. The minimum Gasteiger partial charge on any atom is -0.352 e. The number of nitrogens with zero attached hydrogens (tertiary/aromatic N) is 1. The third-order valence-electron chi connectivity index (χ3n) is 5.30. The zero-order chi connectivity index (χ0) is 18.6. The van der Waals surface area contributed by atoms with Crippen molar-refractivity contribution in [3.05, 3.63) is 71.3 Å². The second-order valence-corrected chi connectivity index (χ2v) is 7.39. The van der Waals surface area contributed by atoms with E-state index in [1.807, 2.05) is 73.3 Å². The van der Waals surface area contributed by atoms with Gasteiger partial charge in [0.15, 0.2) is 0 Å². The van der Waals surface area contributed by atoms with Gasteiger partial charge in [-0.05, 0) is 37.5 Å². The van der Waals surface area contributed by atoms with Crippen molar-refractivity contribution in [1.29, 1.82) is 0 Å². The minimum absolute atomic E-state index is 0.0525. The molecule has 1 aliphatic heterocycles. The van der Waals surface area contributed by atoms with Crippen LogP contribution >= 0.6 is 0 Å². The molecule has 3 rings (SSSR count). The van der Waals surface area contributed by atoms with Gasteiger partial charge in [0.05, 0.1) is 0 Å². The Labute approximate surface area is 155 Å². The van der Waals surface area contributed by atoms with Crippen LogP contribution < -0.4 is 5.32 Å². The fraction of sp³-hybridized carbons (Fsp3) is 0.364. The summed E-state index contributed by atoms with van der Waals surface area (Å²) < 4.78 is 0. The molecule has 1 aliphatic rings. The van der Waals surface area contributed by atoms with E-state index >= 15 is 0 Å². The highest BCUT2D eigenvalue weighted by Crippen LogP contribution is 2.31. The topological polar surface area (TPSA) is 49.4 Å². The number of nitrogens with one attached hydrogen (secondary N) is 1. The van der Waals surface area contributed by atoms with Crippen LogP contribution in [0.3, 0.4) is 0 Å². The third-order valence-corrected chi connectivity index (χ3v) is 5.30. The lowest BCUT2D eigenvalue weighted by molar-refractivity contribution is -0.132. The highest BCUT2D eigenvalue weighted by Gasteiger charge is 2.38. The molecule has 2 aromatic rings. The molecule has 0 spiro atoms. The van der Waals surface area contributed by atoms with Gasteiger partial charge in [0.1, 0.15) is 0 Å². The maximum Gasteiger partial charge on any atom is 0.253 e. The lowest BCUT2D eigenvalue weighted by atomic mass is 9.79. The fourth-order valence-electron chi connectivity index (χ4n) is 3.30. The number of likely N-dealkylation sites (tertiary alicyclic amines) is 1. The van der Waals surface area contributed by atoms with Crippen LogP contribution in [0.25, 0.3) is 0 Å². The first-order valence-electron chi connectivity index (χ1n) is 9.16. The molecule has 1 fully saturated rings. The Morgan fingerprint density at radius 2 is 1.62 bits per heavy atom. The summed E-state index contributed by atoms with van der Waals surface area (Å²) in [7, 11) is 0. The maximum atomic E-state index is 12.7. The summed E-state index contributed by atoms with van der Waals surface area (Å²) in [5, 5.41) is 3.05. The van der Waals surface area contributed by atoms with Gasteiger partial charge in [-0.15, -0.1) is 0 Å². The summed E-state index contributed by atoms with van der Waals surface area (Å²) in [6.45, 7) is 5.78. The van der Waals surface area contributed by atoms with Crippen LogP contribution in [0.4, 0.5) is 0 Å². The quantitative estimate of drug-likeness (QED) is 0.917. The molecule has 26 heavy (non-hydrogen) atoms. The van der Waals surface area contributed by atoms with Crippen LogP contribution in [0.15, 0.2) is 54.6 Å². The fourth-order valence-corrected chi connectivity index (χ4v) is 3.30. The number of aryl methyl sites for hydroxylation is 1. The lowest BCUT2D eigenvalue weighted by Gasteiger charge is -2.38. The summed E-state index contributed by atoms with van der Waals surface area (Å²) in [5.41, 5.74) is 2.53. The Morgan fingerprint density at radius 1 is 1.00 bits per heavy atom. The number of hydrogen-bond donors (Lipinski definition) is 1. The molecule has 0 saturated carbocycles. The van der Waals surface area contributed by atoms with E-state index in [1.165, 1.54) is 0 Å². The normalized spacial score (nSPS) is 16.2. The summed E-state index contributed by atoms with van der Waals surface area (Å²) in [6, 6.07) is 17.6. The van der Waals surface area contributed by atoms with Gasteiger partial charge in [-0.1, -0.05) is 55.0 Å². The molecule has 0 radical (unpaired) electrons. The van der Waals surface area contributed by atoms with Crippen molar-refractivity contribution in [3.63, 3.8) is 0 Å². The molecule has 4 heteroatoms. The number of carbonyl (C=O) groups is 2. The highest BCUT2D eigenvalue weighted by atomic mass is 16.2. The molecule has 1 N–H and O–H groups in total. The smallest absolute Gasteiger partial charge is 0.253 e. The minimum atomic E-state index is -0.418. The van der Waals surface area contributed by atoms with Crippen molar-refractivity contribution in [1.82, 2.24) is 10.2 Å². The molecule has 0 bridgehead atoms. The molecule has 1 heterocycles. The summed E-state index contributed by atoms with van der Waals surface area (Å²) >= 11 is 0. The van der Waals surface area contributed by atoms with Crippen molar-refractivity contribution < 1.29 is 9.59 Å². The SMILES string of the molecule is Cc1ccc(C(=O)N2CCC(C)(C(=O)NCc3ccccc3)CC2)cc1. The second-order valence-electron chi connectivity index (χ2n) is 7.39. The Morgan fingerprint density at radius 3 is 2.23 bits per heavy atom. The van der Waals surface area contributed by atoms with Gasteiger partial charge in [-0.2, -0.15) is 0 Å². The predicted octanol–water partition coefficient (Wildman–Crippen LogP) is 3.55. The van der Waals surface area contributed by atoms with Crippen LogP contribution in [0.1, 0.15) is 41.3 Å². The molecule has 1 saturated heterocycles. The molecule has 2 amide bonds. The zero-order valence-electron chi connectivity index (χ0n) is 15.5. The largest absolute Gasteiger partial charge is 0.352 e. The maximum absolute atomic E-state index is 12.7. The molecule has 4 nitrogen and oxygen atoms in total. The molecule has 0 aliphatic carbocycles. The van der Waals surface area contributed by atoms with Gasteiger partial charge in [0.25, 0.3) is 5.91 Å². The van der Waals surface area contributed by atoms with Crippen LogP contribution in [0.2, 0.25) is 0 Å². The lowest BCUT2D eigenvalue weighted by Crippen LogP contribution is -2.48. The van der Waals surface area contributed by atoms with Crippen molar-refractivity contribution in [2.24, 2.45) is 5.41 Å². The average Bonchev–Trinajstić information content (AvgIpc) is 2.67. The number of benzene rings is 2. The first kappa shape index (κ1) is 18.2. The second kappa shape index (κ2) is 7.73. The monoisotopic (exact) mass is 350 g/mol. The predicted molar refractivity (Wildman–Crippen MR) is 103 cm³/mol. The van der Waals surface area contributed by atoms with Crippen LogP contribution in [-0.4, -0.2) is 29.8 Å². The number of rotatable bonds is 4. The average molecular weight is 350 g/mol. The van der Waals surface area contributed by atoms with E-state index in [9.17, 15) is 9.59 Å². The first-order chi connectivity index (χ1) is 12.5. The van der Waals surface area contributed by atoms with E-state index in [0.29, 0.717) is 38.0 Å². The molecular formula is C22H26N2O2. The van der Waals surface area contributed by atoms with E-state index in [2.05, 4.69) is 5.32 Å². The van der Waals surface area contributed by atoms with Gasteiger partial charge < -0.3 is 10.2 Å². The molecular weight excluding hydrogens is 324 g/mol.